The SMILES string of the molecule is CCOC(=O)CN1C(=O)S/C(=C\c2ccc(OCc3ccccc3C)cc2)C1=O. The van der Waals surface area contributed by atoms with Gasteiger partial charge in [0.05, 0.1) is 11.5 Å². The average molecular weight is 411 g/mol. The summed E-state index contributed by atoms with van der Waals surface area (Å²) in [4.78, 5) is 37.2. The molecule has 0 radical (unpaired) electrons. The van der Waals surface area contributed by atoms with Crippen LogP contribution >= 0.6 is 11.8 Å². The Kier molecular flexibility index (Phi) is 6.72. The number of benzene rings is 2. The van der Waals surface area contributed by atoms with E-state index in [4.69, 9.17) is 9.47 Å². The second kappa shape index (κ2) is 9.43. The first-order valence-electron chi connectivity index (χ1n) is 9.16. The first-order chi connectivity index (χ1) is 14.0. The molecule has 0 N–H and O–H groups in total. The van der Waals surface area contributed by atoms with E-state index in [9.17, 15) is 14.4 Å². The number of thioether (sulfide) groups is 1. The lowest BCUT2D eigenvalue weighted by atomic mass is 10.1. The average Bonchev–Trinajstić information content (AvgIpc) is 2.96. The number of hydrogen-bond donors (Lipinski definition) is 0. The smallest absolute Gasteiger partial charge is 0.326 e. The van der Waals surface area contributed by atoms with Crippen LogP contribution in [0, 0.1) is 6.92 Å². The highest BCUT2D eigenvalue weighted by atomic mass is 32.2. The largest absolute Gasteiger partial charge is 0.489 e. The second-order valence-electron chi connectivity index (χ2n) is 6.36. The predicted octanol–water partition coefficient (Wildman–Crippen LogP) is 4.17. The molecule has 1 saturated heterocycles. The van der Waals surface area contributed by atoms with Gasteiger partial charge in [0.25, 0.3) is 11.1 Å². The van der Waals surface area contributed by atoms with Gasteiger partial charge in [0.1, 0.15) is 18.9 Å². The van der Waals surface area contributed by atoms with Crippen molar-refractivity contribution >= 4 is 35.0 Å². The van der Waals surface area contributed by atoms with Crippen LogP contribution in [0.25, 0.3) is 6.08 Å². The zero-order chi connectivity index (χ0) is 20.8. The van der Waals surface area contributed by atoms with Gasteiger partial charge in [-0.1, -0.05) is 36.4 Å². The highest BCUT2D eigenvalue weighted by Gasteiger charge is 2.36. The highest BCUT2D eigenvalue weighted by Crippen LogP contribution is 2.32. The van der Waals surface area contributed by atoms with Crippen molar-refractivity contribution < 1.29 is 23.9 Å². The Bertz CT molecular complexity index is 952. The summed E-state index contributed by atoms with van der Waals surface area (Å²) in [5, 5.41) is -0.479. The highest BCUT2D eigenvalue weighted by molar-refractivity contribution is 8.18. The third-order valence-corrected chi connectivity index (χ3v) is 5.21. The third-order valence-electron chi connectivity index (χ3n) is 4.30. The molecular weight excluding hydrogens is 390 g/mol. The monoisotopic (exact) mass is 411 g/mol. The van der Waals surface area contributed by atoms with Crippen LogP contribution in [-0.2, 0) is 20.9 Å². The molecule has 0 atom stereocenters. The van der Waals surface area contributed by atoms with Gasteiger partial charge in [-0.15, -0.1) is 0 Å². The molecule has 0 aliphatic carbocycles. The number of esters is 1. The van der Waals surface area contributed by atoms with Crippen LogP contribution < -0.4 is 4.74 Å². The Labute approximate surface area is 173 Å². The minimum Gasteiger partial charge on any atom is -0.489 e. The Balaban J connectivity index is 1.63. The molecule has 0 unspecified atom stereocenters. The van der Waals surface area contributed by atoms with E-state index in [0.29, 0.717) is 12.4 Å². The molecule has 1 aliphatic heterocycles. The molecule has 3 rings (SSSR count). The molecule has 0 saturated carbocycles. The topological polar surface area (TPSA) is 72.9 Å². The summed E-state index contributed by atoms with van der Waals surface area (Å²) in [5.41, 5.74) is 3.05. The van der Waals surface area contributed by atoms with Gasteiger partial charge < -0.3 is 9.47 Å². The lowest BCUT2D eigenvalue weighted by Gasteiger charge is -2.10. The normalized spacial score (nSPS) is 15.1. The van der Waals surface area contributed by atoms with Gasteiger partial charge in [0.2, 0.25) is 0 Å². The molecule has 150 valence electrons. The minimum absolute atomic E-state index is 0.198. The summed E-state index contributed by atoms with van der Waals surface area (Å²) >= 11 is 0.810. The molecule has 0 bridgehead atoms. The molecule has 2 aromatic rings. The molecule has 29 heavy (non-hydrogen) atoms. The van der Waals surface area contributed by atoms with Crippen LogP contribution in [0.15, 0.2) is 53.4 Å². The maximum atomic E-state index is 12.4. The van der Waals surface area contributed by atoms with E-state index < -0.39 is 17.1 Å². The second-order valence-corrected chi connectivity index (χ2v) is 7.35. The summed E-state index contributed by atoms with van der Waals surface area (Å²) in [6, 6.07) is 15.3. The first-order valence-corrected chi connectivity index (χ1v) is 9.98. The number of carbonyl (C=O) groups excluding carboxylic acids is 3. The van der Waals surface area contributed by atoms with Gasteiger partial charge in [-0.05, 0) is 60.5 Å². The van der Waals surface area contributed by atoms with Crippen LogP contribution in [-0.4, -0.2) is 35.2 Å². The lowest BCUT2D eigenvalue weighted by molar-refractivity contribution is -0.145. The fraction of sp³-hybridized carbons (Fsp3) is 0.227. The Hall–Kier alpha value is -3.06. The van der Waals surface area contributed by atoms with Crippen molar-refractivity contribution in [3.63, 3.8) is 0 Å². The fourth-order valence-electron chi connectivity index (χ4n) is 2.72. The summed E-state index contributed by atoms with van der Waals surface area (Å²) < 4.78 is 10.6. The van der Waals surface area contributed by atoms with Crippen molar-refractivity contribution in [2.45, 2.75) is 20.5 Å². The number of hydrogen-bond acceptors (Lipinski definition) is 6. The molecule has 7 heteroatoms. The lowest BCUT2D eigenvalue weighted by Crippen LogP contribution is -2.34. The molecule has 2 aromatic carbocycles. The summed E-state index contributed by atoms with van der Waals surface area (Å²) in [6.45, 7) is 4.00. The quantitative estimate of drug-likeness (QED) is 0.503. The molecule has 0 spiro atoms. The number of imide groups is 1. The van der Waals surface area contributed by atoms with E-state index in [-0.39, 0.29) is 18.1 Å². The van der Waals surface area contributed by atoms with E-state index in [1.54, 1.807) is 13.0 Å². The van der Waals surface area contributed by atoms with Gasteiger partial charge >= 0.3 is 5.97 Å². The van der Waals surface area contributed by atoms with Crippen molar-refractivity contribution in [2.24, 2.45) is 0 Å². The number of carbonyl (C=O) groups is 3. The van der Waals surface area contributed by atoms with E-state index in [2.05, 4.69) is 0 Å². The Morgan fingerprint density at radius 1 is 1.10 bits per heavy atom. The number of ether oxygens (including phenoxy) is 2. The molecule has 6 nitrogen and oxygen atoms in total. The van der Waals surface area contributed by atoms with E-state index in [1.165, 1.54) is 5.56 Å². The van der Waals surface area contributed by atoms with Crippen molar-refractivity contribution in [1.82, 2.24) is 4.90 Å². The Morgan fingerprint density at radius 2 is 1.83 bits per heavy atom. The molecule has 2 amide bonds. The van der Waals surface area contributed by atoms with E-state index in [0.717, 1.165) is 27.8 Å². The standard InChI is InChI=1S/C22H21NO5S/c1-3-27-20(24)13-23-21(25)19(29-22(23)26)12-16-8-10-18(11-9-16)28-14-17-7-5-4-6-15(17)2/h4-12H,3,13-14H2,1-2H3/b19-12-. The number of nitrogens with zero attached hydrogens (tertiary/aromatic N) is 1. The molecular formula is C22H21NO5S. The molecule has 1 heterocycles. The number of amides is 2. The van der Waals surface area contributed by atoms with E-state index >= 15 is 0 Å². The number of rotatable bonds is 7. The fourth-order valence-corrected chi connectivity index (χ4v) is 3.56. The Morgan fingerprint density at radius 3 is 2.52 bits per heavy atom. The van der Waals surface area contributed by atoms with Crippen molar-refractivity contribution in [2.75, 3.05) is 13.2 Å². The summed E-state index contributed by atoms with van der Waals surface area (Å²) in [7, 11) is 0. The van der Waals surface area contributed by atoms with Crippen molar-refractivity contribution in [3.05, 3.63) is 70.1 Å². The third kappa shape index (κ3) is 5.26. The maximum Gasteiger partial charge on any atom is 0.326 e. The van der Waals surface area contributed by atoms with Gasteiger partial charge in [-0.3, -0.25) is 19.3 Å². The van der Waals surface area contributed by atoms with Gasteiger partial charge in [-0.25, -0.2) is 0 Å². The van der Waals surface area contributed by atoms with Crippen molar-refractivity contribution in [1.29, 1.82) is 0 Å². The predicted molar refractivity (Wildman–Crippen MR) is 111 cm³/mol. The van der Waals surface area contributed by atoms with Crippen LogP contribution in [0.5, 0.6) is 5.75 Å². The van der Waals surface area contributed by atoms with Crippen LogP contribution in [0.3, 0.4) is 0 Å². The van der Waals surface area contributed by atoms with Crippen molar-refractivity contribution in [3.8, 4) is 5.75 Å². The van der Waals surface area contributed by atoms with Gasteiger partial charge in [-0.2, -0.15) is 0 Å². The summed E-state index contributed by atoms with van der Waals surface area (Å²) in [5.74, 6) is -0.389. The zero-order valence-electron chi connectivity index (χ0n) is 16.2. The van der Waals surface area contributed by atoms with Crippen LogP contribution in [0.1, 0.15) is 23.6 Å². The minimum atomic E-state index is -0.605. The molecule has 1 aliphatic rings. The maximum absolute atomic E-state index is 12.4. The van der Waals surface area contributed by atoms with E-state index in [1.807, 2.05) is 55.5 Å². The number of aryl methyl sites for hydroxylation is 1. The first kappa shape index (κ1) is 20.7. The van der Waals surface area contributed by atoms with Gasteiger partial charge in [0.15, 0.2) is 0 Å². The summed E-state index contributed by atoms with van der Waals surface area (Å²) in [6.07, 6.45) is 1.63. The molecule has 1 fully saturated rings. The van der Waals surface area contributed by atoms with Gasteiger partial charge in [0, 0.05) is 0 Å². The van der Waals surface area contributed by atoms with Crippen LogP contribution in [0.4, 0.5) is 4.79 Å². The van der Waals surface area contributed by atoms with Crippen LogP contribution in [0.2, 0.25) is 0 Å². The molecule has 0 aromatic heterocycles. The zero-order valence-corrected chi connectivity index (χ0v) is 17.0.